The topological polar surface area (TPSA) is 12.0 Å². The maximum absolute atomic E-state index is 3.48. The zero-order chi connectivity index (χ0) is 10.3. The highest BCUT2D eigenvalue weighted by Crippen LogP contribution is 2.17. The van der Waals surface area contributed by atoms with Gasteiger partial charge >= 0.3 is 0 Å². The van der Waals surface area contributed by atoms with Crippen molar-refractivity contribution in [2.24, 2.45) is 5.92 Å². The van der Waals surface area contributed by atoms with E-state index in [0.29, 0.717) is 0 Å². The Morgan fingerprint density at radius 2 is 2.07 bits per heavy atom. The van der Waals surface area contributed by atoms with Crippen LogP contribution in [-0.4, -0.2) is 13.1 Å². The molecular weight excluding hydrogens is 182 g/mol. The van der Waals surface area contributed by atoms with Crippen LogP contribution in [0.25, 0.3) is 0 Å². The van der Waals surface area contributed by atoms with Crippen molar-refractivity contribution >= 4 is 0 Å². The van der Waals surface area contributed by atoms with E-state index in [1.165, 1.54) is 50.8 Å². The molecule has 1 nitrogen and oxygen atoms in total. The Morgan fingerprint density at radius 1 is 1.20 bits per heavy atom. The van der Waals surface area contributed by atoms with Gasteiger partial charge in [0.15, 0.2) is 0 Å². The van der Waals surface area contributed by atoms with Crippen LogP contribution >= 0.6 is 0 Å². The van der Waals surface area contributed by atoms with E-state index >= 15 is 0 Å². The van der Waals surface area contributed by atoms with Crippen LogP contribution in [0.4, 0.5) is 0 Å². The summed E-state index contributed by atoms with van der Waals surface area (Å²) in [5, 5.41) is 3.48. The largest absolute Gasteiger partial charge is 0.316 e. The van der Waals surface area contributed by atoms with Gasteiger partial charge in [-0.25, -0.2) is 0 Å². The van der Waals surface area contributed by atoms with E-state index in [1.54, 1.807) is 0 Å². The lowest BCUT2D eigenvalue weighted by molar-refractivity contribution is 0.351. The molecule has 0 aromatic heterocycles. The SMILES string of the molecule is c1ccc(CCCC2CCCNC2)cc1. The minimum absolute atomic E-state index is 0.933. The summed E-state index contributed by atoms with van der Waals surface area (Å²) in [6.45, 7) is 2.48. The van der Waals surface area contributed by atoms with Gasteiger partial charge in [-0.1, -0.05) is 30.3 Å². The van der Waals surface area contributed by atoms with Gasteiger partial charge in [-0.2, -0.15) is 0 Å². The standard InChI is InChI=1S/C14H21N/c1-2-6-13(7-3-1)8-4-9-14-10-5-11-15-12-14/h1-3,6-7,14-15H,4-5,8-12H2. The molecule has 1 heteroatoms. The van der Waals surface area contributed by atoms with E-state index in [9.17, 15) is 0 Å². The Labute approximate surface area is 92.9 Å². The summed E-state index contributed by atoms with van der Waals surface area (Å²) in [6, 6.07) is 10.8. The molecule has 0 amide bonds. The third-order valence-corrected chi connectivity index (χ3v) is 3.32. The van der Waals surface area contributed by atoms with Crippen LogP contribution in [0.3, 0.4) is 0 Å². The van der Waals surface area contributed by atoms with Crippen molar-refractivity contribution < 1.29 is 0 Å². The fraction of sp³-hybridized carbons (Fsp3) is 0.571. The summed E-state index contributed by atoms with van der Waals surface area (Å²) in [5.41, 5.74) is 1.49. The second kappa shape index (κ2) is 5.92. The average molecular weight is 203 g/mol. The van der Waals surface area contributed by atoms with Crippen LogP contribution in [-0.2, 0) is 6.42 Å². The summed E-state index contributed by atoms with van der Waals surface area (Å²) < 4.78 is 0. The Balaban J connectivity index is 1.66. The summed E-state index contributed by atoms with van der Waals surface area (Å²) in [4.78, 5) is 0. The molecule has 1 saturated heterocycles. The van der Waals surface area contributed by atoms with Gasteiger partial charge in [0.05, 0.1) is 0 Å². The van der Waals surface area contributed by atoms with Crippen molar-refractivity contribution in [3.8, 4) is 0 Å². The second-order valence-corrected chi connectivity index (χ2v) is 4.59. The van der Waals surface area contributed by atoms with Crippen molar-refractivity contribution in [2.45, 2.75) is 32.1 Å². The van der Waals surface area contributed by atoms with E-state index in [2.05, 4.69) is 35.6 Å². The van der Waals surface area contributed by atoms with Crippen molar-refractivity contribution in [3.63, 3.8) is 0 Å². The monoisotopic (exact) mass is 203 g/mol. The van der Waals surface area contributed by atoms with Gasteiger partial charge in [0.1, 0.15) is 0 Å². The van der Waals surface area contributed by atoms with Crippen molar-refractivity contribution in [3.05, 3.63) is 35.9 Å². The molecule has 0 aliphatic carbocycles. The fourth-order valence-electron chi connectivity index (χ4n) is 2.41. The number of nitrogens with one attached hydrogen (secondary N) is 1. The Bertz CT molecular complexity index is 262. The summed E-state index contributed by atoms with van der Waals surface area (Å²) >= 11 is 0. The Kier molecular flexibility index (Phi) is 4.22. The van der Waals surface area contributed by atoms with Crippen molar-refractivity contribution in [2.75, 3.05) is 13.1 Å². The molecule has 2 rings (SSSR count). The molecule has 1 unspecified atom stereocenters. The van der Waals surface area contributed by atoms with E-state index in [4.69, 9.17) is 0 Å². The molecule has 0 saturated carbocycles. The van der Waals surface area contributed by atoms with E-state index in [0.717, 1.165) is 5.92 Å². The molecule has 1 aliphatic heterocycles. The lowest BCUT2D eigenvalue weighted by Gasteiger charge is -2.22. The lowest BCUT2D eigenvalue weighted by atomic mass is 9.93. The van der Waals surface area contributed by atoms with Crippen LogP contribution in [0.15, 0.2) is 30.3 Å². The van der Waals surface area contributed by atoms with Gasteiger partial charge in [0, 0.05) is 0 Å². The molecule has 1 aromatic carbocycles. The quantitative estimate of drug-likeness (QED) is 0.793. The Morgan fingerprint density at radius 3 is 2.80 bits per heavy atom. The van der Waals surface area contributed by atoms with Crippen LogP contribution in [0.5, 0.6) is 0 Å². The minimum Gasteiger partial charge on any atom is -0.316 e. The van der Waals surface area contributed by atoms with Gasteiger partial charge < -0.3 is 5.32 Å². The molecule has 1 fully saturated rings. The highest BCUT2D eigenvalue weighted by atomic mass is 14.9. The molecule has 0 spiro atoms. The molecule has 15 heavy (non-hydrogen) atoms. The first-order chi connectivity index (χ1) is 7.45. The third kappa shape index (κ3) is 3.67. The number of hydrogen-bond donors (Lipinski definition) is 1. The molecule has 1 atom stereocenters. The molecule has 1 aliphatic rings. The molecule has 1 heterocycles. The maximum atomic E-state index is 3.48. The summed E-state index contributed by atoms with van der Waals surface area (Å²) in [6.07, 6.45) is 6.79. The molecular formula is C14H21N. The fourth-order valence-corrected chi connectivity index (χ4v) is 2.41. The molecule has 82 valence electrons. The first kappa shape index (κ1) is 10.7. The van der Waals surface area contributed by atoms with Gasteiger partial charge in [0.25, 0.3) is 0 Å². The van der Waals surface area contributed by atoms with Gasteiger partial charge in [-0.05, 0) is 56.7 Å². The first-order valence-electron chi connectivity index (χ1n) is 6.20. The number of aryl methyl sites for hydroxylation is 1. The van der Waals surface area contributed by atoms with Crippen LogP contribution in [0.2, 0.25) is 0 Å². The van der Waals surface area contributed by atoms with Gasteiger partial charge in [-0.3, -0.25) is 0 Å². The number of rotatable bonds is 4. The average Bonchev–Trinajstić information content (AvgIpc) is 2.32. The summed E-state index contributed by atoms with van der Waals surface area (Å²) in [5.74, 6) is 0.933. The molecule has 1 N–H and O–H groups in total. The highest BCUT2D eigenvalue weighted by Gasteiger charge is 2.11. The normalized spacial score (nSPS) is 21.5. The van der Waals surface area contributed by atoms with Crippen molar-refractivity contribution in [1.82, 2.24) is 5.32 Å². The van der Waals surface area contributed by atoms with E-state index in [1.807, 2.05) is 0 Å². The van der Waals surface area contributed by atoms with Crippen LogP contribution < -0.4 is 5.32 Å². The molecule has 1 aromatic rings. The molecule has 0 bridgehead atoms. The maximum Gasteiger partial charge on any atom is -0.00205 e. The van der Waals surface area contributed by atoms with E-state index in [-0.39, 0.29) is 0 Å². The highest BCUT2D eigenvalue weighted by molar-refractivity contribution is 5.14. The number of piperidine rings is 1. The molecule has 0 radical (unpaired) electrons. The van der Waals surface area contributed by atoms with E-state index < -0.39 is 0 Å². The van der Waals surface area contributed by atoms with Gasteiger partial charge in [0.2, 0.25) is 0 Å². The first-order valence-corrected chi connectivity index (χ1v) is 6.20. The lowest BCUT2D eigenvalue weighted by Crippen LogP contribution is -2.29. The third-order valence-electron chi connectivity index (χ3n) is 3.32. The number of hydrogen-bond acceptors (Lipinski definition) is 1. The predicted octanol–water partition coefficient (Wildman–Crippen LogP) is 3.01. The van der Waals surface area contributed by atoms with Crippen LogP contribution in [0.1, 0.15) is 31.2 Å². The number of benzene rings is 1. The van der Waals surface area contributed by atoms with Crippen molar-refractivity contribution in [1.29, 1.82) is 0 Å². The van der Waals surface area contributed by atoms with Crippen LogP contribution in [0, 0.1) is 5.92 Å². The minimum atomic E-state index is 0.933. The van der Waals surface area contributed by atoms with Gasteiger partial charge in [-0.15, -0.1) is 0 Å². The summed E-state index contributed by atoms with van der Waals surface area (Å²) in [7, 11) is 0. The smallest absolute Gasteiger partial charge is 0.00205 e. The second-order valence-electron chi connectivity index (χ2n) is 4.59. The Hall–Kier alpha value is -0.820. The predicted molar refractivity (Wildman–Crippen MR) is 65.0 cm³/mol. The zero-order valence-corrected chi connectivity index (χ0v) is 9.41. The zero-order valence-electron chi connectivity index (χ0n) is 9.41.